The molecule has 2 N–H and O–H groups in total. The van der Waals surface area contributed by atoms with Crippen molar-refractivity contribution in [3.8, 4) is 5.75 Å². The second-order valence-corrected chi connectivity index (χ2v) is 5.04. The van der Waals surface area contributed by atoms with Crippen molar-refractivity contribution in [2.24, 2.45) is 5.92 Å². The van der Waals surface area contributed by atoms with Crippen molar-refractivity contribution in [1.82, 2.24) is 5.32 Å². The maximum atomic E-state index is 13.2. The Bertz CT molecular complexity index is 458. The summed E-state index contributed by atoms with van der Waals surface area (Å²) in [4.78, 5) is 11.9. The zero-order chi connectivity index (χ0) is 14.6. The molecule has 0 aliphatic rings. The van der Waals surface area contributed by atoms with Crippen LogP contribution in [0, 0.1) is 11.7 Å². The standard InChI is InChI=1S/C14H20FNO3/c1-9(2)14(3,18)8-16-13(17)10-5-6-11(15)12(7-10)19-4/h5-7,9,18H,8H2,1-4H3,(H,16,17). The monoisotopic (exact) mass is 269 g/mol. The van der Waals surface area contributed by atoms with E-state index in [0.29, 0.717) is 0 Å². The van der Waals surface area contributed by atoms with Crippen LogP contribution in [-0.4, -0.2) is 30.3 Å². The van der Waals surface area contributed by atoms with Crippen LogP contribution in [-0.2, 0) is 0 Å². The molecule has 1 amide bonds. The smallest absolute Gasteiger partial charge is 0.251 e. The molecule has 0 spiro atoms. The van der Waals surface area contributed by atoms with Gasteiger partial charge in [-0.3, -0.25) is 4.79 Å². The molecule has 1 unspecified atom stereocenters. The summed E-state index contributed by atoms with van der Waals surface area (Å²) in [6.07, 6.45) is 0. The summed E-state index contributed by atoms with van der Waals surface area (Å²) in [5.74, 6) is -0.869. The molecule has 5 heteroatoms. The average molecular weight is 269 g/mol. The predicted molar refractivity (Wildman–Crippen MR) is 70.7 cm³/mol. The molecule has 0 fully saturated rings. The predicted octanol–water partition coefficient (Wildman–Crippen LogP) is 1.97. The quantitative estimate of drug-likeness (QED) is 0.859. The van der Waals surface area contributed by atoms with Gasteiger partial charge in [0.05, 0.1) is 12.7 Å². The Kier molecular flexibility index (Phi) is 4.89. The minimum absolute atomic E-state index is 0.00977. The molecule has 0 bridgehead atoms. The number of carbonyl (C=O) groups excluding carboxylic acids is 1. The second-order valence-electron chi connectivity index (χ2n) is 5.04. The maximum absolute atomic E-state index is 13.2. The zero-order valence-electron chi connectivity index (χ0n) is 11.7. The molecule has 1 atom stereocenters. The molecule has 0 aliphatic heterocycles. The van der Waals surface area contributed by atoms with Crippen molar-refractivity contribution in [2.45, 2.75) is 26.4 Å². The van der Waals surface area contributed by atoms with Gasteiger partial charge in [-0.15, -0.1) is 0 Å². The molecule has 1 aromatic carbocycles. The maximum Gasteiger partial charge on any atom is 0.251 e. The van der Waals surface area contributed by atoms with Gasteiger partial charge in [-0.1, -0.05) is 13.8 Å². The Morgan fingerprint density at radius 2 is 2.16 bits per heavy atom. The van der Waals surface area contributed by atoms with Crippen LogP contribution in [0.5, 0.6) is 5.75 Å². The molecule has 0 saturated carbocycles. The lowest BCUT2D eigenvalue weighted by Gasteiger charge is -2.27. The third-order valence-electron chi connectivity index (χ3n) is 3.26. The molecule has 106 valence electrons. The van der Waals surface area contributed by atoms with Gasteiger partial charge in [-0.05, 0) is 31.0 Å². The summed E-state index contributed by atoms with van der Waals surface area (Å²) in [6, 6.07) is 3.88. The van der Waals surface area contributed by atoms with Crippen LogP contribution in [0.2, 0.25) is 0 Å². The fourth-order valence-corrected chi connectivity index (χ4v) is 1.37. The van der Waals surface area contributed by atoms with E-state index >= 15 is 0 Å². The van der Waals surface area contributed by atoms with Crippen LogP contribution in [0.4, 0.5) is 4.39 Å². The first-order valence-electron chi connectivity index (χ1n) is 6.12. The van der Waals surface area contributed by atoms with Crippen LogP contribution < -0.4 is 10.1 Å². The topological polar surface area (TPSA) is 58.6 Å². The van der Waals surface area contributed by atoms with Crippen molar-refractivity contribution >= 4 is 5.91 Å². The first kappa shape index (κ1) is 15.4. The number of benzene rings is 1. The van der Waals surface area contributed by atoms with Crippen molar-refractivity contribution in [3.05, 3.63) is 29.6 Å². The summed E-state index contributed by atoms with van der Waals surface area (Å²) in [5, 5.41) is 12.7. The molecule has 0 radical (unpaired) electrons. The zero-order valence-corrected chi connectivity index (χ0v) is 11.7. The molecule has 4 nitrogen and oxygen atoms in total. The number of nitrogens with one attached hydrogen (secondary N) is 1. The van der Waals surface area contributed by atoms with E-state index in [1.807, 2.05) is 13.8 Å². The lowest BCUT2D eigenvalue weighted by Crippen LogP contribution is -2.44. The van der Waals surface area contributed by atoms with E-state index in [2.05, 4.69) is 5.32 Å². The van der Waals surface area contributed by atoms with Crippen LogP contribution in [0.3, 0.4) is 0 Å². The highest BCUT2D eigenvalue weighted by atomic mass is 19.1. The third-order valence-corrected chi connectivity index (χ3v) is 3.26. The minimum atomic E-state index is -0.986. The van der Waals surface area contributed by atoms with Gasteiger partial charge in [0.2, 0.25) is 0 Å². The number of amides is 1. The molecule has 0 aliphatic carbocycles. The van der Waals surface area contributed by atoms with Gasteiger partial charge in [-0.25, -0.2) is 4.39 Å². The number of ether oxygens (including phenoxy) is 1. The molecule has 1 aromatic rings. The van der Waals surface area contributed by atoms with Crippen molar-refractivity contribution < 1.29 is 19.0 Å². The largest absolute Gasteiger partial charge is 0.494 e. The highest BCUT2D eigenvalue weighted by Crippen LogP contribution is 2.19. The van der Waals surface area contributed by atoms with Gasteiger partial charge in [-0.2, -0.15) is 0 Å². The molecular formula is C14H20FNO3. The number of aliphatic hydroxyl groups is 1. The van der Waals surface area contributed by atoms with E-state index in [1.165, 1.54) is 25.3 Å². The van der Waals surface area contributed by atoms with E-state index in [0.717, 1.165) is 0 Å². The number of methoxy groups -OCH3 is 1. The normalized spacial score (nSPS) is 14.1. The fraction of sp³-hybridized carbons (Fsp3) is 0.500. The Morgan fingerprint density at radius 3 is 2.68 bits per heavy atom. The van der Waals surface area contributed by atoms with Crippen LogP contribution in [0.1, 0.15) is 31.1 Å². The van der Waals surface area contributed by atoms with E-state index in [4.69, 9.17) is 4.74 Å². The van der Waals surface area contributed by atoms with Gasteiger partial charge in [0.1, 0.15) is 0 Å². The van der Waals surface area contributed by atoms with Gasteiger partial charge < -0.3 is 15.2 Å². The lowest BCUT2D eigenvalue weighted by atomic mass is 9.92. The number of rotatable bonds is 5. The summed E-state index contributed by atoms with van der Waals surface area (Å²) >= 11 is 0. The average Bonchev–Trinajstić information content (AvgIpc) is 2.36. The fourth-order valence-electron chi connectivity index (χ4n) is 1.37. The van der Waals surface area contributed by atoms with Crippen LogP contribution in [0.15, 0.2) is 18.2 Å². The van der Waals surface area contributed by atoms with E-state index in [9.17, 15) is 14.3 Å². The highest BCUT2D eigenvalue weighted by Gasteiger charge is 2.25. The number of hydrogen-bond donors (Lipinski definition) is 2. The van der Waals surface area contributed by atoms with Crippen molar-refractivity contribution in [3.63, 3.8) is 0 Å². The Balaban J connectivity index is 2.74. The van der Waals surface area contributed by atoms with Crippen LogP contribution >= 0.6 is 0 Å². The van der Waals surface area contributed by atoms with E-state index in [-0.39, 0.29) is 29.7 Å². The van der Waals surface area contributed by atoms with Crippen LogP contribution in [0.25, 0.3) is 0 Å². The number of hydrogen-bond acceptors (Lipinski definition) is 3. The molecule has 0 aromatic heterocycles. The Morgan fingerprint density at radius 1 is 1.53 bits per heavy atom. The second kappa shape index (κ2) is 6.02. The number of carbonyl (C=O) groups is 1. The minimum Gasteiger partial charge on any atom is -0.494 e. The SMILES string of the molecule is COc1cc(C(=O)NCC(C)(O)C(C)C)ccc1F. The third kappa shape index (κ3) is 3.92. The summed E-state index contributed by atoms with van der Waals surface area (Å²) < 4.78 is 18.0. The van der Waals surface area contributed by atoms with Gasteiger partial charge in [0, 0.05) is 12.1 Å². The van der Waals surface area contributed by atoms with Gasteiger partial charge >= 0.3 is 0 Å². The summed E-state index contributed by atoms with van der Waals surface area (Å²) in [6.45, 7) is 5.52. The van der Waals surface area contributed by atoms with Gasteiger partial charge in [0.15, 0.2) is 11.6 Å². The Labute approximate surface area is 112 Å². The molecule has 19 heavy (non-hydrogen) atoms. The van der Waals surface area contributed by atoms with Crippen molar-refractivity contribution in [1.29, 1.82) is 0 Å². The van der Waals surface area contributed by atoms with Crippen molar-refractivity contribution in [2.75, 3.05) is 13.7 Å². The first-order valence-corrected chi connectivity index (χ1v) is 6.12. The first-order chi connectivity index (χ1) is 8.77. The summed E-state index contributed by atoms with van der Waals surface area (Å²) in [7, 11) is 1.34. The Hall–Kier alpha value is -1.62. The lowest BCUT2D eigenvalue weighted by molar-refractivity contribution is 0.0142. The van der Waals surface area contributed by atoms with E-state index < -0.39 is 11.4 Å². The van der Waals surface area contributed by atoms with E-state index in [1.54, 1.807) is 6.92 Å². The molecular weight excluding hydrogens is 249 g/mol. The number of halogens is 1. The highest BCUT2D eigenvalue weighted by molar-refractivity contribution is 5.94. The molecule has 0 heterocycles. The molecule has 1 rings (SSSR count). The molecule has 0 saturated heterocycles. The summed E-state index contributed by atoms with van der Waals surface area (Å²) in [5.41, 5.74) is -0.697. The van der Waals surface area contributed by atoms with Gasteiger partial charge in [0.25, 0.3) is 5.91 Å².